The third-order valence-electron chi connectivity index (χ3n) is 6.46. The average molecular weight is 455 g/mol. The molecule has 0 unspecified atom stereocenters. The molecule has 1 atom stereocenters. The topological polar surface area (TPSA) is 85.8 Å². The molecule has 1 N–H and O–H groups in total. The highest BCUT2D eigenvalue weighted by molar-refractivity contribution is 6.40. The largest absolute Gasteiger partial charge is 0.358 e. The molecule has 0 bridgehead atoms. The summed E-state index contributed by atoms with van der Waals surface area (Å²) in [5.74, 6) is -1.96. The standard InChI is InChI=1S/C27H26N4O3/c1-4-15-30-25(32)23(21-16(3)28-20-14-10-9-13-18(20)21)24(26(30)33)22-19(5-2)29-31(27(22)34)17-11-7-6-8-12-17/h6-14,22,28H,4-5,15H2,1-3H3/t22-/m0/s1. The van der Waals surface area contributed by atoms with Crippen molar-refractivity contribution < 1.29 is 14.4 Å². The summed E-state index contributed by atoms with van der Waals surface area (Å²) in [7, 11) is 0. The summed E-state index contributed by atoms with van der Waals surface area (Å²) >= 11 is 0. The molecular formula is C27H26N4O3. The third-order valence-corrected chi connectivity index (χ3v) is 6.46. The highest BCUT2D eigenvalue weighted by Crippen LogP contribution is 2.41. The number of rotatable bonds is 6. The number of aromatic amines is 1. The van der Waals surface area contributed by atoms with Crippen molar-refractivity contribution in [1.82, 2.24) is 9.88 Å². The lowest BCUT2D eigenvalue weighted by molar-refractivity contribution is -0.137. The van der Waals surface area contributed by atoms with Crippen LogP contribution in [0.15, 0.2) is 65.3 Å². The van der Waals surface area contributed by atoms with Gasteiger partial charge in [0.05, 0.1) is 17.0 Å². The van der Waals surface area contributed by atoms with Gasteiger partial charge in [0, 0.05) is 34.3 Å². The number of nitrogens with zero attached hydrogens (tertiary/aromatic N) is 3. The molecule has 0 radical (unpaired) electrons. The predicted octanol–water partition coefficient (Wildman–Crippen LogP) is 4.44. The Kier molecular flexibility index (Phi) is 5.40. The Bertz CT molecular complexity index is 1380. The second kappa shape index (κ2) is 8.41. The number of carbonyl (C=O) groups is 3. The monoisotopic (exact) mass is 454 g/mol. The van der Waals surface area contributed by atoms with Gasteiger partial charge in [-0.25, -0.2) is 0 Å². The normalized spacial score (nSPS) is 18.6. The first-order valence-electron chi connectivity index (χ1n) is 11.6. The van der Waals surface area contributed by atoms with E-state index >= 15 is 0 Å². The Morgan fingerprint density at radius 3 is 2.35 bits per heavy atom. The van der Waals surface area contributed by atoms with Crippen molar-refractivity contribution in [2.75, 3.05) is 11.6 Å². The Morgan fingerprint density at radius 2 is 1.65 bits per heavy atom. The van der Waals surface area contributed by atoms with Gasteiger partial charge in [0.2, 0.25) is 0 Å². The second-order valence-electron chi connectivity index (χ2n) is 8.58. The van der Waals surface area contributed by atoms with E-state index in [9.17, 15) is 14.4 Å². The van der Waals surface area contributed by atoms with Gasteiger partial charge in [0.15, 0.2) is 0 Å². The van der Waals surface area contributed by atoms with E-state index in [4.69, 9.17) is 0 Å². The molecule has 0 saturated carbocycles. The zero-order valence-electron chi connectivity index (χ0n) is 19.5. The van der Waals surface area contributed by atoms with E-state index in [2.05, 4.69) is 10.1 Å². The molecule has 2 aliphatic rings. The van der Waals surface area contributed by atoms with Crippen LogP contribution < -0.4 is 5.01 Å². The van der Waals surface area contributed by atoms with Crippen LogP contribution >= 0.6 is 0 Å². The molecule has 7 nitrogen and oxygen atoms in total. The van der Waals surface area contributed by atoms with Gasteiger partial charge in [-0.1, -0.05) is 50.2 Å². The van der Waals surface area contributed by atoms with Gasteiger partial charge in [0.25, 0.3) is 17.7 Å². The second-order valence-corrected chi connectivity index (χ2v) is 8.58. The van der Waals surface area contributed by atoms with Crippen molar-refractivity contribution in [2.24, 2.45) is 11.0 Å². The Hall–Kier alpha value is -4.00. The number of imide groups is 1. The smallest absolute Gasteiger partial charge is 0.261 e. The van der Waals surface area contributed by atoms with Gasteiger partial charge >= 0.3 is 0 Å². The quantitative estimate of drug-likeness (QED) is 0.559. The fourth-order valence-electron chi connectivity index (χ4n) is 4.95. The maximum Gasteiger partial charge on any atom is 0.261 e. The minimum Gasteiger partial charge on any atom is -0.358 e. The number of nitrogens with one attached hydrogen (secondary N) is 1. The Balaban J connectivity index is 1.73. The number of anilines is 1. The maximum atomic E-state index is 13.7. The molecule has 3 heterocycles. The van der Waals surface area contributed by atoms with Gasteiger partial charge in [-0.15, -0.1) is 0 Å². The number of amides is 3. The van der Waals surface area contributed by atoms with E-state index in [-0.39, 0.29) is 17.4 Å². The number of benzene rings is 2. The first kappa shape index (κ1) is 21.8. The van der Waals surface area contributed by atoms with E-state index in [1.165, 1.54) is 9.91 Å². The van der Waals surface area contributed by atoms with Crippen LogP contribution in [0.2, 0.25) is 0 Å². The van der Waals surface area contributed by atoms with Crippen molar-refractivity contribution in [3.8, 4) is 0 Å². The fraction of sp³-hybridized carbons (Fsp3) is 0.259. The number of hydrazone groups is 1. The minimum absolute atomic E-state index is 0.232. The molecule has 2 aromatic carbocycles. The number of hydrogen-bond acceptors (Lipinski definition) is 4. The minimum atomic E-state index is -0.897. The summed E-state index contributed by atoms with van der Waals surface area (Å²) in [4.78, 5) is 45.7. The lowest BCUT2D eigenvalue weighted by Gasteiger charge is -2.17. The van der Waals surface area contributed by atoms with Gasteiger partial charge in [-0.05, 0) is 38.0 Å². The van der Waals surface area contributed by atoms with E-state index in [1.54, 1.807) is 12.1 Å². The predicted molar refractivity (Wildman–Crippen MR) is 132 cm³/mol. The van der Waals surface area contributed by atoms with Crippen LogP contribution in [-0.2, 0) is 14.4 Å². The molecule has 34 heavy (non-hydrogen) atoms. The van der Waals surface area contributed by atoms with Crippen molar-refractivity contribution in [3.63, 3.8) is 0 Å². The molecule has 5 rings (SSSR count). The number of para-hydroxylation sites is 2. The molecule has 1 aromatic heterocycles. The summed E-state index contributed by atoms with van der Waals surface area (Å²) in [6.45, 7) is 6.03. The zero-order valence-corrected chi connectivity index (χ0v) is 19.5. The number of fused-ring (bicyclic) bond motifs is 1. The van der Waals surface area contributed by atoms with Crippen LogP contribution in [0.1, 0.15) is 37.9 Å². The highest BCUT2D eigenvalue weighted by Gasteiger charge is 2.49. The fourth-order valence-corrected chi connectivity index (χ4v) is 4.95. The first-order chi connectivity index (χ1) is 16.5. The molecule has 3 aromatic rings. The van der Waals surface area contributed by atoms with E-state index in [1.807, 2.05) is 63.2 Å². The van der Waals surface area contributed by atoms with E-state index in [0.717, 1.165) is 16.6 Å². The molecule has 2 aliphatic heterocycles. The number of hydrogen-bond donors (Lipinski definition) is 1. The van der Waals surface area contributed by atoms with Crippen molar-refractivity contribution in [2.45, 2.75) is 33.6 Å². The number of carbonyl (C=O) groups excluding carboxylic acids is 3. The highest BCUT2D eigenvalue weighted by atomic mass is 16.2. The van der Waals surface area contributed by atoms with Crippen LogP contribution in [0, 0.1) is 12.8 Å². The van der Waals surface area contributed by atoms with Gasteiger partial charge in [0.1, 0.15) is 5.92 Å². The van der Waals surface area contributed by atoms with Gasteiger partial charge in [-0.2, -0.15) is 10.1 Å². The zero-order chi connectivity index (χ0) is 24.0. The summed E-state index contributed by atoms with van der Waals surface area (Å²) in [5, 5.41) is 6.80. The average Bonchev–Trinajstić information content (AvgIpc) is 3.43. The molecule has 7 heteroatoms. The first-order valence-corrected chi connectivity index (χ1v) is 11.6. The number of H-pyrrole nitrogens is 1. The van der Waals surface area contributed by atoms with Gasteiger partial charge in [-0.3, -0.25) is 19.3 Å². The molecule has 0 spiro atoms. The summed E-state index contributed by atoms with van der Waals surface area (Å²) < 4.78 is 0. The summed E-state index contributed by atoms with van der Waals surface area (Å²) in [6.07, 6.45) is 1.12. The van der Waals surface area contributed by atoms with Crippen molar-refractivity contribution >= 4 is 45.6 Å². The van der Waals surface area contributed by atoms with Crippen LogP contribution in [0.5, 0.6) is 0 Å². The SMILES string of the molecule is CCCN1C(=O)C(c2c(C)[nH]c3ccccc23)=C([C@H]2C(=O)N(c3ccccc3)N=C2CC)C1=O. The molecule has 3 amide bonds. The molecular weight excluding hydrogens is 428 g/mol. The molecule has 172 valence electrons. The molecule has 0 fully saturated rings. The Morgan fingerprint density at radius 1 is 0.941 bits per heavy atom. The molecule has 0 saturated heterocycles. The molecule has 0 aliphatic carbocycles. The summed E-state index contributed by atoms with van der Waals surface area (Å²) in [5.41, 5.74) is 4.10. The van der Waals surface area contributed by atoms with Crippen molar-refractivity contribution in [3.05, 3.63) is 71.4 Å². The Labute approximate surface area is 197 Å². The van der Waals surface area contributed by atoms with Crippen molar-refractivity contribution in [1.29, 1.82) is 0 Å². The van der Waals surface area contributed by atoms with E-state index < -0.39 is 11.8 Å². The van der Waals surface area contributed by atoms with Crippen LogP contribution in [0.3, 0.4) is 0 Å². The van der Waals surface area contributed by atoms with E-state index in [0.29, 0.717) is 41.9 Å². The summed E-state index contributed by atoms with van der Waals surface area (Å²) in [6, 6.07) is 16.9. The van der Waals surface area contributed by atoms with Crippen LogP contribution in [0.25, 0.3) is 16.5 Å². The lowest BCUT2D eigenvalue weighted by atomic mass is 9.86. The van der Waals surface area contributed by atoms with Crippen LogP contribution in [-0.4, -0.2) is 39.9 Å². The lowest BCUT2D eigenvalue weighted by Crippen LogP contribution is -2.36. The third kappa shape index (κ3) is 3.19. The number of aryl methyl sites for hydroxylation is 1. The van der Waals surface area contributed by atoms with Crippen LogP contribution in [0.4, 0.5) is 5.69 Å². The van der Waals surface area contributed by atoms with Gasteiger partial charge < -0.3 is 4.98 Å². The number of aromatic nitrogens is 1. The maximum absolute atomic E-state index is 13.7.